The van der Waals surface area contributed by atoms with Crippen LogP contribution in [0.4, 0.5) is 13.2 Å². The molecule has 0 spiro atoms. The highest BCUT2D eigenvalue weighted by Gasteiger charge is 2.25. The summed E-state index contributed by atoms with van der Waals surface area (Å²) in [6, 6.07) is 0. The fourth-order valence-corrected chi connectivity index (χ4v) is 0.891. The van der Waals surface area contributed by atoms with E-state index in [1.54, 1.807) is 25.2 Å². The minimum atomic E-state index is -4.10. The predicted molar refractivity (Wildman–Crippen MR) is 59.3 cm³/mol. The van der Waals surface area contributed by atoms with Crippen molar-refractivity contribution in [2.45, 2.75) is 25.9 Å². The summed E-state index contributed by atoms with van der Waals surface area (Å²) in [7, 11) is 0. The summed E-state index contributed by atoms with van der Waals surface area (Å²) in [6.07, 6.45) is 3.53. The van der Waals surface area contributed by atoms with Gasteiger partial charge in [-0.2, -0.15) is 13.2 Å². The SMILES string of the molecule is C\C(=C/C=C\C=C\CCC(F)(F)F)OCC=O. The third-order valence-electron chi connectivity index (χ3n) is 1.66. The molecule has 96 valence electrons. The molecule has 0 saturated heterocycles. The third-order valence-corrected chi connectivity index (χ3v) is 1.66. The van der Waals surface area contributed by atoms with E-state index in [-0.39, 0.29) is 13.0 Å². The van der Waals surface area contributed by atoms with Crippen LogP contribution in [0.15, 0.2) is 36.1 Å². The van der Waals surface area contributed by atoms with Crippen molar-refractivity contribution >= 4 is 6.29 Å². The van der Waals surface area contributed by atoms with Gasteiger partial charge in [-0.05, 0) is 19.4 Å². The molecule has 0 aromatic rings. The van der Waals surface area contributed by atoms with E-state index in [2.05, 4.69) is 0 Å². The molecule has 0 rings (SSSR count). The quantitative estimate of drug-likeness (QED) is 0.391. The van der Waals surface area contributed by atoms with E-state index in [1.807, 2.05) is 0 Å². The molecule has 2 nitrogen and oxygen atoms in total. The van der Waals surface area contributed by atoms with Crippen molar-refractivity contribution < 1.29 is 22.7 Å². The molecule has 17 heavy (non-hydrogen) atoms. The lowest BCUT2D eigenvalue weighted by molar-refractivity contribution is -0.133. The van der Waals surface area contributed by atoms with E-state index in [9.17, 15) is 18.0 Å². The van der Waals surface area contributed by atoms with Crippen LogP contribution in [0.1, 0.15) is 19.8 Å². The number of allylic oxidation sites excluding steroid dienone is 6. The molecule has 5 heteroatoms. The molecule has 0 aliphatic heterocycles. The maximum Gasteiger partial charge on any atom is 0.389 e. The number of hydrogen-bond acceptors (Lipinski definition) is 2. The van der Waals surface area contributed by atoms with Crippen molar-refractivity contribution in [3.63, 3.8) is 0 Å². The topological polar surface area (TPSA) is 26.3 Å². The summed E-state index contributed by atoms with van der Waals surface area (Å²) in [5.74, 6) is 0.567. The largest absolute Gasteiger partial charge is 0.491 e. The van der Waals surface area contributed by atoms with Gasteiger partial charge in [-0.3, -0.25) is 4.79 Å². The number of carbonyl (C=O) groups excluding carboxylic acids is 1. The molecule has 0 heterocycles. The van der Waals surface area contributed by atoms with Crippen molar-refractivity contribution in [1.82, 2.24) is 0 Å². The molecule has 0 aromatic carbocycles. The van der Waals surface area contributed by atoms with Crippen LogP contribution in [0, 0.1) is 0 Å². The van der Waals surface area contributed by atoms with Crippen LogP contribution in [0.3, 0.4) is 0 Å². The van der Waals surface area contributed by atoms with Gasteiger partial charge in [0.15, 0.2) is 6.29 Å². The second kappa shape index (κ2) is 8.61. The minimum absolute atomic E-state index is 0.00239. The van der Waals surface area contributed by atoms with E-state index in [1.165, 1.54) is 12.2 Å². The molecular formula is C12H15F3O2. The first-order valence-electron chi connectivity index (χ1n) is 5.09. The fourth-order valence-electron chi connectivity index (χ4n) is 0.891. The van der Waals surface area contributed by atoms with E-state index >= 15 is 0 Å². The zero-order valence-corrected chi connectivity index (χ0v) is 9.54. The number of hydrogen-bond donors (Lipinski definition) is 0. The van der Waals surface area contributed by atoms with Crippen LogP contribution in [0.5, 0.6) is 0 Å². The molecule has 0 radical (unpaired) electrons. The predicted octanol–water partition coefficient (Wildman–Crippen LogP) is 3.56. The average molecular weight is 248 g/mol. The van der Waals surface area contributed by atoms with Crippen LogP contribution in [-0.2, 0) is 9.53 Å². The Balaban J connectivity index is 3.79. The Morgan fingerprint density at radius 2 is 1.94 bits per heavy atom. The molecule has 0 aliphatic rings. The summed E-state index contributed by atoms with van der Waals surface area (Å²) >= 11 is 0. The maximum atomic E-state index is 11.7. The molecule has 0 amide bonds. The van der Waals surface area contributed by atoms with Crippen molar-refractivity contribution in [1.29, 1.82) is 0 Å². The van der Waals surface area contributed by atoms with Gasteiger partial charge in [0.1, 0.15) is 6.61 Å². The Kier molecular flexibility index (Phi) is 7.84. The second-order valence-corrected chi connectivity index (χ2v) is 3.22. The lowest BCUT2D eigenvalue weighted by Gasteiger charge is -2.01. The standard InChI is InChI=1S/C12H15F3O2/c1-11(17-10-9-16)7-5-3-2-4-6-8-12(13,14)15/h2-5,7,9H,6,8,10H2,1H3/b4-2+,5-3-,11-7+. The summed E-state index contributed by atoms with van der Waals surface area (Å²) in [6.45, 7) is 1.68. The highest BCUT2D eigenvalue weighted by atomic mass is 19.4. The van der Waals surface area contributed by atoms with Gasteiger partial charge in [0.05, 0.1) is 5.76 Å². The van der Waals surface area contributed by atoms with Gasteiger partial charge in [-0.1, -0.05) is 24.3 Å². The Hall–Kier alpha value is -1.52. The number of alkyl halides is 3. The molecule has 0 atom stereocenters. The van der Waals surface area contributed by atoms with Crippen LogP contribution < -0.4 is 0 Å². The van der Waals surface area contributed by atoms with Gasteiger partial charge in [-0.25, -0.2) is 0 Å². The minimum Gasteiger partial charge on any atom is -0.491 e. The molecule has 0 unspecified atom stereocenters. The van der Waals surface area contributed by atoms with Gasteiger partial charge in [0.25, 0.3) is 0 Å². The number of aldehydes is 1. The van der Waals surface area contributed by atoms with E-state index < -0.39 is 12.6 Å². The van der Waals surface area contributed by atoms with Gasteiger partial charge in [0, 0.05) is 6.42 Å². The monoisotopic (exact) mass is 248 g/mol. The number of carbonyl (C=O) groups is 1. The summed E-state index contributed by atoms with van der Waals surface area (Å²) in [5.41, 5.74) is 0. The van der Waals surface area contributed by atoms with Crippen molar-refractivity contribution in [2.75, 3.05) is 6.61 Å². The van der Waals surface area contributed by atoms with Gasteiger partial charge >= 0.3 is 6.18 Å². The summed E-state index contributed by atoms with van der Waals surface area (Å²) in [5, 5.41) is 0. The Morgan fingerprint density at radius 3 is 2.53 bits per heavy atom. The fraction of sp³-hybridized carbons (Fsp3) is 0.417. The number of ether oxygens (including phenoxy) is 1. The van der Waals surface area contributed by atoms with Gasteiger partial charge < -0.3 is 4.74 Å². The highest BCUT2D eigenvalue weighted by molar-refractivity contribution is 5.50. The Labute approximate surface area is 98.5 Å². The van der Waals surface area contributed by atoms with Crippen molar-refractivity contribution in [3.8, 4) is 0 Å². The first kappa shape index (κ1) is 15.5. The molecule has 0 bridgehead atoms. The Bertz CT molecular complexity index is 301. The molecule has 0 aromatic heterocycles. The normalized spacial score (nSPS) is 13.5. The lowest BCUT2D eigenvalue weighted by Crippen LogP contribution is -2.05. The zero-order chi connectivity index (χ0) is 13.1. The van der Waals surface area contributed by atoms with Crippen LogP contribution in [-0.4, -0.2) is 19.1 Å². The average Bonchev–Trinajstić information content (AvgIpc) is 2.23. The zero-order valence-electron chi connectivity index (χ0n) is 9.54. The first-order chi connectivity index (χ1) is 7.95. The van der Waals surface area contributed by atoms with Crippen LogP contribution in [0.2, 0.25) is 0 Å². The van der Waals surface area contributed by atoms with E-state index in [0.29, 0.717) is 12.0 Å². The highest BCUT2D eigenvalue weighted by Crippen LogP contribution is 2.21. The summed E-state index contributed by atoms with van der Waals surface area (Å²) in [4.78, 5) is 9.97. The lowest BCUT2D eigenvalue weighted by atomic mass is 10.3. The van der Waals surface area contributed by atoms with Gasteiger partial charge in [0.2, 0.25) is 0 Å². The maximum absolute atomic E-state index is 11.7. The molecule has 0 saturated carbocycles. The van der Waals surface area contributed by atoms with Crippen molar-refractivity contribution in [3.05, 3.63) is 36.1 Å². The molecule has 0 aliphatic carbocycles. The van der Waals surface area contributed by atoms with E-state index in [4.69, 9.17) is 4.74 Å². The van der Waals surface area contributed by atoms with Crippen LogP contribution in [0.25, 0.3) is 0 Å². The van der Waals surface area contributed by atoms with Gasteiger partial charge in [-0.15, -0.1) is 0 Å². The van der Waals surface area contributed by atoms with Crippen molar-refractivity contribution in [2.24, 2.45) is 0 Å². The molecular weight excluding hydrogens is 233 g/mol. The molecule has 0 fully saturated rings. The van der Waals surface area contributed by atoms with Crippen LogP contribution >= 0.6 is 0 Å². The Morgan fingerprint density at radius 1 is 1.24 bits per heavy atom. The summed E-state index contributed by atoms with van der Waals surface area (Å²) < 4.78 is 40.2. The number of halogens is 3. The smallest absolute Gasteiger partial charge is 0.389 e. The number of rotatable bonds is 7. The second-order valence-electron chi connectivity index (χ2n) is 3.22. The first-order valence-corrected chi connectivity index (χ1v) is 5.09. The third kappa shape index (κ3) is 12.4. The molecule has 0 N–H and O–H groups in total. The van der Waals surface area contributed by atoms with E-state index in [0.717, 1.165) is 0 Å².